The number of aryl methyl sites for hydroxylation is 1. The van der Waals surface area contributed by atoms with Crippen molar-refractivity contribution in [1.29, 1.82) is 0 Å². The normalized spacial score (nSPS) is 17.4. The van der Waals surface area contributed by atoms with Gasteiger partial charge in [-0.1, -0.05) is 72.2 Å². The van der Waals surface area contributed by atoms with Crippen LogP contribution in [0.15, 0.2) is 30.9 Å². The molecule has 1 fully saturated rings. The Kier molecular flexibility index (Phi) is 14.7. The quantitative estimate of drug-likeness (QED) is 0.305. The molecule has 2 N–H and O–H groups in total. The smallest absolute Gasteiger partial charge is 0.224 e. The lowest BCUT2D eigenvalue weighted by Crippen LogP contribution is -2.33. The standard InChI is InChI=1S/C16H17ClFN3.C8H15N.2C2H6/c1-3-10-12(4-2)20-16(17)21-15(10)19-8-9-6-5-7-11-13(9)14(11)18;1-2-5-8-6-3-4-7-9-8;2*1-2/h5-7,14H,3-4,8H2,1-2H3,(H,19,20,21);2,8-9H,1,3-7H2;2*1-2H3. The van der Waals surface area contributed by atoms with Crippen molar-refractivity contribution in [3.8, 4) is 0 Å². The molecule has 190 valence electrons. The average Bonchev–Trinajstić information content (AvgIpc) is 3.56. The highest BCUT2D eigenvalue weighted by atomic mass is 35.5. The molecule has 2 aromatic rings. The van der Waals surface area contributed by atoms with Crippen molar-refractivity contribution in [1.82, 2.24) is 15.3 Å². The Hall–Kier alpha value is -1.98. The third-order valence-corrected chi connectivity index (χ3v) is 5.91. The summed E-state index contributed by atoms with van der Waals surface area (Å²) in [5.74, 6) is 0.753. The summed E-state index contributed by atoms with van der Waals surface area (Å²) < 4.78 is 13.5. The second-order valence-corrected chi connectivity index (χ2v) is 8.12. The Morgan fingerprint density at radius 1 is 1.15 bits per heavy atom. The molecule has 0 amide bonds. The minimum atomic E-state index is -0.886. The topological polar surface area (TPSA) is 49.8 Å². The SMILES string of the molecule is C=CCC1CCCCN1.CC.CC.CCc1nc(Cl)nc(NCc2cccc3c2C3F)c1CC. The van der Waals surface area contributed by atoms with Crippen LogP contribution in [0.25, 0.3) is 0 Å². The molecule has 1 aromatic carbocycles. The van der Waals surface area contributed by atoms with Crippen molar-refractivity contribution in [3.63, 3.8) is 0 Å². The van der Waals surface area contributed by atoms with Crippen LogP contribution < -0.4 is 10.6 Å². The van der Waals surface area contributed by atoms with Crippen LogP contribution in [0.4, 0.5) is 10.2 Å². The van der Waals surface area contributed by atoms with Gasteiger partial charge in [-0.3, -0.25) is 0 Å². The Balaban J connectivity index is 0.000000373. The molecular weight excluding hydrogens is 447 g/mol. The zero-order valence-corrected chi connectivity index (χ0v) is 22.7. The number of anilines is 1. The van der Waals surface area contributed by atoms with Crippen molar-refractivity contribution in [2.24, 2.45) is 0 Å². The lowest BCUT2D eigenvalue weighted by atomic mass is 10.0. The van der Waals surface area contributed by atoms with Gasteiger partial charge in [0.2, 0.25) is 5.28 Å². The van der Waals surface area contributed by atoms with Gasteiger partial charge in [0.1, 0.15) is 5.82 Å². The number of rotatable bonds is 7. The van der Waals surface area contributed by atoms with Crippen LogP contribution in [-0.4, -0.2) is 22.6 Å². The molecule has 34 heavy (non-hydrogen) atoms. The van der Waals surface area contributed by atoms with Gasteiger partial charge in [-0.05, 0) is 61.4 Å². The van der Waals surface area contributed by atoms with Gasteiger partial charge in [-0.2, -0.15) is 0 Å². The fourth-order valence-electron chi connectivity index (χ4n) is 4.06. The van der Waals surface area contributed by atoms with Gasteiger partial charge in [-0.15, -0.1) is 6.58 Å². The van der Waals surface area contributed by atoms with Crippen LogP contribution in [0.3, 0.4) is 0 Å². The first-order chi connectivity index (χ1) is 16.6. The van der Waals surface area contributed by atoms with Gasteiger partial charge in [-0.25, -0.2) is 14.4 Å². The van der Waals surface area contributed by atoms with Crippen molar-refractivity contribution in [2.75, 3.05) is 11.9 Å². The molecule has 4 nitrogen and oxygen atoms in total. The Morgan fingerprint density at radius 3 is 2.47 bits per heavy atom. The molecule has 2 heterocycles. The molecule has 2 unspecified atom stereocenters. The van der Waals surface area contributed by atoms with Crippen molar-refractivity contribution < 1.29 is 4.39 Å². The van der Waals surface area contributed by atoms with Crippen LogP contribution in [0.1, 0.15) is 101 Å². The summed E-state index contributed by atoms with van der Waals surface area (Å²) in [6, 6.07) is 6.40. The number of benzene rings is 1. The summed E-state index contributed by atoms with van der Waals surface area (Å²) in [5.41, 5.74) is 4.65. The molecule has 0 bridgehead atoms. The summed E-state index contributed by atoms with van der Waals surface area (Å²) in [6.07, 6.45) is 7.99. The van der Waals surface area contributed by atoms with E-state index in [1.807, 2.05) is 58.9 Å². The molecule has 4 rings (SSSR count). The molecule has 1 aliphatic carbocycles. The largest absolute Gasteiger partial charge is 0.366 e. The van der Waals surface area contributed by atoms with Crippen molar-refractivity contribution in [2.45, 2.75) is 98.8 Å². The van der Waals surface area contributed by atoms with Gasteiger partial charge in [0, 0.05) is 23.7 Å². The Labute approximate surface area is 211 Å². The van der Waals surface area contributed by atoms with Crippen LogP contribution in [0.2, 0.25) is 5.28 Å². The minimum Gasteiger partial charge on any atom is -0.366 e. The first-order valence-electron chi connectivity index (χ1n) is 13.0. The van der Waals surface area contributed by atoms with E-state index in [0.29, 0.717) is 6.54 Å². The Morgan fingerprint density at radius 2 is 1.88 bits per heavy atom. The average molecular weight is 491 g/mol. The molecule has 1 aromatic heterocycles. The van der Waals surface area contributed by atoms with Crippen molar-refractivity contribution >= 4 is 17.4 Å². The van der Waals surface area contributed by atoms with Crippen molar-refractivity contribution in [3.05, 3.63) is 64.1 Å². The highest BCUT2D eigenvalue weighted by molar-refractivity contribution is 6.28. The lowest BCUT2D eigenvalue weighted by Gasteiger charge is -2.21. The number of nitrogens with one attached hydrogen (secondary N) is 2. The predicted octanol–water partition coefficient (Wildman–Crippen LogP) is 8.00. The molecule has 1 saturated heterocycles. The zero-order chi connectivity index (χ0) is 25.5. The number of fused-ring (bicyclic) bond motifs is 1. The van der Waals surface area contributed by atoms with E-state index in [0.717, 1.165) is 59.1 Å². The van der Waals surface area contributed by atoms with Gasteiger partial charge in [0.25, 0.3) is 0 Å². The Bertz CT molecular complexity index is 866. The van der Waals surface area contributed by atoms with E-state index in [-0.39, 0.29) is 5.28 Å². The molecule has 0 saturated carbocycles. The molecular formula is C28H44ClFN4. The second kappa shape index (κ2) is 16.6. The van der Waals surface area contributed by atoms with Gasteiger partial charge in [0.15, 0.2) is 6.17 Å². The van der Waals surface area contributed by atoms with E-state index >= 15 is 0 Å². The molecule has 0 radical (unpaired) electrons. The second-order valence-electron chi connectivity index (χ2n) is 7.78. The third kappa shape index (κ3) is 8.66. The maximum absolute atomic E-state index is 13.5. The number of aromatic nitrogens is 2. The lowest BCUT2D eigenvalue weighted by molar-refractivity contribution is 0.404. The van der Waals surface area contributed by atoms with Gasteiger partial charge < -0.3 is 10.6 Å². The number of hydrogen-bond acceptors (Lipinski definition) is 4. The molecule has 2 atom stereocenters. The zero-order valence-electron chi connectivity index (χ0n) is 22.0. The van der Waals surface area contributed by atoms with Crippen LogP contribution in [0.5, 0.6) is 0 Å². The van der Waals surface area contributed by atoms with E-state index in [1.165, 1.54) is 25.8 Å². The first kappa shape index (κ1) is 30.1. The fourth-order valence-corrected chi connectivity index (χ4v) is 4.25. The van der Waals surface area contributed by atoms with E-state index in [1.54, 1.807) is 0 Å². The monoisotopic (exact) mass is 490 g/mol. The van der Waals surface area contributed by atoms with E-state index < -0.39 is 6.17 Å². The summed E-state index contributed by atoms with van der Waals surface area (Å²) >= 11 is 5.98. The highest BCUT2D eigenvalue weighted by Crippen LogP contribution is 2.46. The summed E-state index contributed by atoms with van der Waals surface area (Å²) in [7, 11) is 0. The number of hydrogen-bond donors (Lipinski definition) is 2. The first-order valence-corrected chi connectivity index (χ1v) is 13.4. The van der Waals surface area contributed by atoms with Crippen LogP contribution >= 0.6 is 11.6 Å². The number of alkyl halides is 1. The molecule has 6 heteroatoms. The van der Waals surface area contributed by atoms with E-state index in [2.05, 4.69) is 34.1 Å². The summed E-state index contributed by atoms with van der Waals surface area (Å²) in [5, 5.41) is 6.99. The highest BCUT2D eigenvalue weighted by Gasteiger charge is 2.34. The summed E-state index contributed by atoms with van der Waals surface area (Å²) in [4.78, 5) is 8.56. The molecule has 0 spiro atoms. The molecule has 2 aliphatic rings. The predicted molar refractivity (Wildman–Crippen MR) is 146 cm³/mol. The minimum absolute atomic E-state index is 0.249. The molecule has 1 aliphatic heterocycles. The maximum atomic E-state index is 13.5. The summed E-state index contributed by atoms with van der Waals surface area (Å²) in [6.45, 7) is 17.6. The number of piperidine rings is 1. The van der Waals surface area contributed by atoms with Crippen LogP contribution in [-0.2, 0) is 19.4 Å². The van der Waals surface area contributed by atoms with E-state index in [9.17, 15) is 4.39 Å². The van der Waals surface area contributed by atoms with Gasteiger partial charge in [0.05, 0.1) is 5.69 Å². The third-order valence-electron chi connectivity index (χ3n) is 5.74. The maximum Gasteiger partial charge on any atom is 0.224 e. The number of nitrogens with zero attached hydrogens (tertiary/aromatic N) is 2. The van der Waals surface area contributed by atoms with E-state index in [4.69, 9.17) is 11.6 Å². The van der Waals surface area contributed by atoms with Gasteiger partial charge >= 0.3 is 0 Å². The van der Waals surface area contributed by atoms with Crippen LogP contribution in [0, 0.1) is 0 Å². The number of halogens is 2. The fraction of sp³-hybridized carbons (Fsp3) is 0.571.